The number of ether oxygens (including phenoxy) is 1. The number of piperidine rings is 1. The Morgan fingerprint density at radius 2 is 1.83 bits per heavy atom. The second-order valence-electron chi connectivity index (χ2n) is 7.79. The van der Waals surface area contributed by atoms with Crippen LogP contribution in [0.4, 0.5) is 10.1 Å². The summed E-state index contributed by atoms with van der Waals surface area (Å²) in [5.41, 5.74) is 3.17. The van der Waals surface area contributed by atoms with E-state index in [1.165, 1.54) is 12.1 Å². The Kier molecular flexibility index (Phi) is 7.57. The number of likely N-dealkylation sites (tertiary alicyclic amines) is 1. The first-order valence-corrected chi connectivity index (χ1v) is 10.4. The Balaban J connectivity index is 1.54. The SMILES string of the molecule is COC1CCN(C(=O)c2ccc(C)c(NC(=O)CCCc3ccc(F)cc3)c2)CC1. The molecule has 2 aromatic carbocycles. The van der Waals surface area contributed by atoms with Crippen molar-refractivity contribution >= 4 is 17.5 Å². The van der Waals surface area contributed by atoms with Gasteiger partial charge in [0.25, 0.3) is 5.91 Å². The van der Waals surface area contributed by atoms with E-state index in [9.17, 15) is 14.0 Å². The van der Waals surface area contributed by atoms with Gasteiger partial charge in [-0.1, -0.05) is 18.2 Å². The third-order valence-corrected chi connectivity index (χ3v) is 5.60. The van der Waals surface area contributed by atoms with Crippen LogP contribution in [0.15, 0.2) is 42.5 Å². The first-order chi connectivity index (χ1) is 14.5. The number of hydrogen-bond donors (Lipinski definition) is 1. The van der Waals surface area contributed by atoms with Crippen LogP contribution in [0.3, 0.4) is 0 Å². The highest BCUT2D eigenvalue weighted by atomic mass is 19.1. The average Bonchev–Trinajstić information content (AvgIpc) is 2.76. The summed E-state index contributed by atoms with van der Waals surface area (Å²) in [7, 11) is 1.71. The molecule has 160 valence electrons. The monoisotopic (exact) mass is 412 g/mol. The molecule has 5 nitrogen and oxygen atoms in total. The van der Waals surface area contributed by atoms with Gasteiger partial charge in [0, 0.05) is 37.9 Å². The van der Waals surface area contributed by atoms with Gasteiger partial charge in [0.05, 0.1) is 6.10 Å². The van der Waals surface area contributed by atoms with Gasteiger partial charge in [0.2, 0.25) is 5.91 Å². The van der Waals surface area contributed by atoms with E-state index in [-0.39, 0.29) is 23.7 Å². The van der Waals surface area contributed by atoms with Crippen molar-refractivity contribution in [1.29, 1.82) is 0 Å². The van der Waals surface area contributed by atoms with Crippen LogP contribution in [0, 0.1) is 12.7 Å². The summed E-state index contributed by atoms with van der Waals surface area (Å²) in [6, 6.07) is 11.8. The molecule has 1 N–H and O–H groups in total. The number of carbonyl (C=O) groups excluding carboxylic acids is 2. The fraction of sp³-hybridized carbons (Fsp3) is 0.417. The molecule has 1 heterocycles. The van der Waals surface area contributed by atoms with Gasteiger partial charge in [0.1, 0.15) is 5.82 Å². The number of benzene rings is 2. The molecule has 1 aliphatic rings. The van der Waals surface area contributed by atoms with E-state index in [2.05, 4.69) is 5.32 Å². The summed E-state index contributed by atoms with van der Waals surface area (Å²) < 4.78 is 18.3. The van der Waals surface area contributed by atoms with Crippen LogP contribution in [0.1, 0.15) is 47.2 Å². The van der Waals surface area contributed by atoms with E-state index in [4.69, 9.17) is 4.74 Å². The summed E-state index contributed by atoms with van der Waals surface area (Å²) in [4.78, 5) is 27.1. The first-order valence-electron chi connectivity index (χ1n) is 10.4. The van der Waals surface area contributed by atoms with Gasteiger partial charge in [-0.2, -0.15) is 0 Å². The molecule has 0 atom stereocenters. The largest absolute Gasteiger partial charge is 0.381 e. The lowest BCUT2D eigenvalue weighted by molar-refractivity contribution is -0.116. The molecule has 2 aromatic rings. The number of hydrogen-bond acceptors (Lipinski definition) is 3. The van der Waals surface area contributed by atoms with Crippen LogP contribution in [0.5, 0.6) is 0 Å². The van der Waals surface area contributed by atoms with Crippen molar-refractivity contribution in [2.75, 3.05) is 25.5 Å². The fourth-order valence-electron chi connectivity index (χ4n) is 3.68. The minimum absolute atomic E-state index is 0.0173. The lowest BCUT2D eigenvalue weighted by Crippen LogP contribution is -2.40. The summed E-state index contributed by atoms with van der Waals surface area (Å²) in [5.74, 6) is -0.369. The first kappa shape index (κ1) is 22.0. The molecule has 30 heavy (non-hydrogen) atoms. The second kappa shape index (κ2) is 10.3. The maximum absolute atomic E-state index is 13.0. The number of aryl methyl sites for hydroxylation is 2. The molecule has 0 saturated carbocycles. The van der Waals surface area contributed by atoms with E-state index in [1.807, 2.05) is 24.0 Å². The molecule has 1 saturated heterocycles. The number of nitrogens with one attached hydrogen (secondary N) is 1. The summed E-state index contributed by atoms with van der Waals surface area (Å²) in [6.07, 6.45) is 3.64. The third kappa shape index (κ3) is 5.89. The number of anilines is 1. The molecule has 0 unspecified atom stereocenters. The maximum Gasteiger partial charge on any atom is 0.253 e. The maximum atomic E-state index is 13.0. The van der Waals surface area contributed by atoms with Crippen LogP contribution >= 0.6 is 0 Å². The number of carbonyl (C=O) groups is 2. The van der Waals surface area contributed by atoms with Gasteiger partial charge < -0.3 is 15.0 Å². The van der Waals surface area contributed by atoms with Crippen LogP contribution in [-0.4, -0.2) is 43.0 Å². The van der Waals surface area contributed by atoms with Gasteiger partial charge in [-0.25, -0.2) is 4.39 Å². The standard InChI is InChI=1S/C24H29FN2O3/c1-17-6-9-19(24(29)27-14-12-21(30-2)13-15-27)16-22(17)26-23(28)5-3-4-18-7-10-20(25)11-8-18/h6-11,16,21H,3-5,12-15H2,1-2H3,(H,26,28). The highest BCUT2D eigenvalue weighted by molar-refractivity contribution is 5.97. The van der Waals surface area contributed by atoms with Crippen molar-refractivity contribution in [3.8, 4) is 0 Å². The second-order valence-corrected chi connectivity index (χ2v) is 7.79. The van der Waals surface area contributed by atoms with Crippen molar-refractivity contribution in [2.45, 2.75) is 45.1 Å². The molecule has 0 bridgehead atoms. The van der Waals surface area contributed by atoms with E-state index in [0.717, 1.165) is 24.0 Å². The topological polar surface area (TPSA) is 58.6 Å². The number of halogens is 1. The van der Waals surface area contributed by atoms with Crippen molar-refractivity contribution in [3.05, 3.63) is 65.0 Å². The fourth-order valence-corrected chi connectivity index (χ4v) is 3.68. The molecule has 1 fully saturated rings. The Hall–Kier alpha value is -2.73. The molecular formula is C24H29FN2O3. The van der Waals surface area contributed by atoms with Crippen LogP contribution in [-0.2, 0) is 16.0 Å². The Morgan fingerprint density at radius 3 is 2.50 bits per heavy atom. The van der Waals surface area contributed by atoms with E-state index >= 15 is 0 Å². The van der Waals surface area contributed by atoms with E-state index < -0.39 is 0 Å². The van der Waals surface area contributed by atoms with Crippen molar-refractivity contribution in [2.24, 2.45) is 0 Å². The third-order valence-electron chi connectivity index (χ3n) is 5.60. The summed E-state index contributed by atoms with van der Waals surface area (Å²) >= 11 is 0. The van der Waals surface area contributed by atoms with Gasteiger partial charge >= 0.3 is 0 Å². The number of nitrogens with zero attached hydrogens (tertiary/aromatic N) is 1. The molecule has 6 heteroatoms. The van der Waals surface area contributed by atoms with Crippen LogP contribution in [0.25, 0.3) is 0 Å². The van der Waals surface area contributed by atoms with E-state index in [0.29, 0.717) is 43.6 Å². The highest BCUT2D eigenvalue weighted by Crippen LogP contribution is 2.21. The van der Waals surface area contributed by atoms with E-state index in [1.54, 1.807) is 25.3 Å². The molecule has 0 spiro atoms. The van der Waals surface area contributed by atoms with Crippen molar-refractivity contribution < 1.29 is 18.7 Å². The molecule has 1 aliphatic heterocycles. The molecule has 0 aliphatic carbocycles. The van der Waals surface area contributed by atoms with Crippen LogP contribution in [0.2, 0.25) is 0 Å². The van der Waals surface area contributed by atoms with Crippen molar-refractivity contribution in [3.63, 3.8) is 0 Å². The normalized spacial score (nSPS) is 14.6. The molecule has 2 amide bonds. The Labute approximate surface area is 177 Å². The minimum atomic E-state index is -0.260. The number of methoxy groups -OCH3 is 1. The molecular weight excluding hydrogens is 383 g/mol. The summed E-state index contributed by atoms with van der Waals surface area (Å²) in [5, 5.41) is 2.93. The lowest BCUT2D eigenvalue weighted by atomic mass is 10.0. The van der Waals surface area contributed by atoms with Gasteiger partial charge in [0.15, 0.2) is 0 Å². The minimum Gasteiger partial charge on any atom is -0.381 e. The molecule has 0 aromatic heterocycles. The predicted molar refractivity (Wildman–Crippen MR) is 115 cm³/mol. The van der Waals surface area contributed by atoms with Crippen molar-refractivity contribution in [1.82, 2.24) is 4.90 Å². The van der Waals surface area contributed by atoms with Gasteiger partial charge in [-0.3, -0.25) is 9.59 Å². The highest BCUT2D eigenvalue weighted by Gasteiger charge is 2.23. The zero-order valence-electron chi connectivity index (χ0n) is 17.6. The van der Waals surface area contributed by atoms with Gasteiger partial charge in [-0.15, -0.1) is 0 Å². The zero-order valence-corrected chi connectivity index (χ0v) is 17.6. The zero-order chi connectivity index (χ0) is 21.5. The number of rotatable bonds is 7. The molecule has 0 radical (unpaired) electrons. The molecule has 3 rings (SSSR count). The predicted octanol–water partition coefficient (Wildman–Crippen LogP) is 4.35. The average molecular weight is 413 g/mol. The quantitative estimate of drug-likeness (QED) is 0.736. The van der Waals surface area contributed by atoms with Gasteiger partial charge in [-0.05, 0) is 68.0 Å². The lowest BCUT2D eigenvalue weighted by Gasteiger charge is -2.31. The summed E-state index contributed by atoms with van der Waals surface area (Å²) in [6.45, 7) is 3.26. The Bertz CT molecular complexity index is 875. The number of amides is 2. The van der Waals surface area contributed by atoms with Crippen LogP contribution < -0.4 is 5.32 Å². The Morgan fingerprint density at radius 1 is 1.13 bits per heavy atom. The smallest absolute Gasteiger partial charge is 0.253 e.